The van der Waals surface area contributed by atoms with Crippen molar-refractivity contribution in [2.24, 2.45) is 0 Å². The molecule has 0 aromatic heterocycles. The van der Waals surface area contributed by atoms with Crippen molar-refractivity contribution in [3.8, 4) is 11.1 Å². The number of benzene rings is 2. The van der Waals surface area contributed by atoms with E-state index in [0.29, 0.717) is 5.56 Å². The lowest BCUT2D eigenvalue weighted by molar-refractivity contribution is -0.358. The number of halogens is 3. The lowest BCUT2D eigenvalue weighted by Gasteiger charge is -2.24. The third-order valence-electron chi connectivity index (χ3n) is 3.07. The molecule has 2 aromatic carbocycles. The summed E-state index contributed by atoms with van der Waals surface area (Å²) in [5.74, 6) is -3.87. The largest absolute Gasteiger partial charge is 0.447 e. The second-order valence-corrected chi connectivity index (χ2v) is 5.36. The molecule has 124 valence electrons. The van der Waals surface area contributed by atoms with E-state index in [4.69, 9.17) is 4.33 Å². The fraction of sp³-hybridized carbons (Fsp3) is 0.200. The highest BCUT2D eigenvalue weighted by Gasteiger charge is 2.54. The predicted molar refractivity (Wildman–Crippen MR) is 78.0 cm³/mol. The van der Waals surface area contributed by atoms with Crippen molar-refractivity contribution in [3.63, 3.8) is 0 Å². The van der Waals surface area contributed by atoms with Gasteiger partial charge in [0.05, 0.1) is 19.2 Å². The summed E-state index contributed by atoms with van der Waals surface area (Å²) < 4.78 is 42.4. The van der Waals surface area contributed by atoms with Crippen LogP contribution in [-0.2, 0) is 15.0 Å². The molecule has 8 heteroatoms. The molecule has 23 heavy (non-hydrogen) atoms. The van der Waals surface area contributed by atoms with Crippen molar-refractivity contribution >= 4 is 12.0 Å². The van der Waals surface area contributed by atoms with Gasteiger partial charge in [-0.2, -0.15) is 17.5 Å². The molecular weight excluding hydrogens is 333 g/mol. The Hall–Kier alpha value is -1.58. The smallest absolute Gasteiger partial charge is 0.355 e. The molecule has 2 rings (SSSR count). The van der Waals surface area contributed by atoms with E-state index in [9.17, 15) is 23.4 Å². The van der Waals surface area contributed by atoms with Crippen LogP contribution in [0.5, 0.6) is 0 Å². The second-order valence-electron chi connectivity index (χ2n) is 4.59. The number of alkyl halides is 3. The lowest BCUT2D eigenvalue weighted by Crippen LogP contribution is -2.41. The molecule has 4 nitrogen and oxygen atoms in total. The maximum atomic E-state index is 12.6. The summed E-state index contributed by atoms with van der Waals surface area (Å²) in [6, 6.07) is 11.8. The van der Waals surface area contributed by atoms with Crippen molar-refractivity contribution in [2.45, 2.75) is 16.9 Å². The van der Waals surface area contributed by atoms with E-state index < -0.39 is 17.5 Å². The minimum Gasteiger partial charge on any atom is -0.355 e. The van der Waals surface area contributed by atoms with Crippen molar-refractivity contribution in [1.29, 1.82) is 0 Å². The molecule has 0 atom stereocenters. The molecule has 0 aliphatic rings. The zero-order valence-electron chi connectivity index (χ0n) is 11.9. The average Bonchev–Trinajstić information content (AvgIpc) is 2.52. The van der Waals surface area contributed by atoms with Gasteiger partial charge >= 0.3 is 6.18 Å². The summed E-state index contributed by atoms with van der Waals surface area (Å²) in [5, 5.41) is 18.4. The van der Waals surface area contributed by atoms with Crippen LogP contribution in [-0.4, -0.2) is 23.5 Å². The molecule has 0 unspecified atom stereocenters. The van der Waals surface area contributed by atoms with Gasteiger partial charge in [0.25, 0.3) is 5.79 Å². The third-order valence-corrected chi connectivity index (χ3v) is 3.74. The number of rotatable bonds is 5. The summed E-state index contributed by atoms with van der Waals surface area (Å²) in [4.78, 5) is 5.24. The van der Waals surface area contributed by atoms with Crippen LogP contribution in [0.1, 0.15) is 5.56 Å². The molecule has 0 aliphatic carbocycles. The molecule has 2 N–H and O–H groups in total. The molecule has 0 fully saturated rings. The third kappa shape index (κ3) is 4.04. The summed E-state index contributed by atoms with van der Waals surface area (Å²) in [6.07, 6.45) is -5.17. The van der Waals surface area contributed by atoms with E-state index in [-0.39, 0.29) is 0 Å². The van der Waals surface area contributed by atoms with Gasteiger partial charge < -0.3 is 10.2 Å². The Kier molecular flexibility index (Phi) is 5.33. The minimum absolute atomic E-state index is 0.635. The summed E-state index contributed by atoms with van der Waals surface area (Å²) >= 11 is 1.02. The summed E-state index contributed by atoms with van der Waals surface area (Å²) in [6.45, 7) is 0. The van der Waals surface area contributed by atoms with Crippen LogP contribution in [0.2, 0.25) is 0 Å². The quantitative estimate of drug-likeness (QED) is 0.375. The molecule has 0 radical (unpaired) electrons. The molecular formula is C15H13F3O4S. The standard InChI is InChI=1S/C15H13F3O4S/c1-21-22-23-13-8-4-11(5-9-13)10-2-6-12(7-3-10)14(19,20)15(16,17)18/h2-9,19-20H,1H3. The Morgan fingerprint density at radius 1 is 0.870 bits per heavy atom. The zero-order valence-corrected chi connectivity index (χ0v) is 12.7. The Bertz CT molecular complexity index is 639. The second kappa shape index (κ2) is 6.90. The van der Waals surface area contributed by atoms with Gasteiger partial charge in [0, 0.05) is 10.5 Å². The monoisotopic (exact) mass is 346 g/mol. The highest BCUT2D eigenvalue weighted by Crippen LogP contribution is 2.37. The molecule has 0 saturated carbocycles. The van der Waals surface area contributed by atoms with Gasteiger partial charge in [-0.15, -0.1) is 0 Å². The first-order valence-corrected chi connectivity index (χ1v) is 7.09. The van der Waals surface area contributed by atoms with Crippen LogP contribution in [0.15, 0.2) is 53.4 Å². The summed E-state index contributed by atoms with van der Waals surface area (Å²) in [7, 11) is 1.38. The van der Waals surface area contributed by atoms with Gasteiger partial charge in [0.2, 0.25) is 0 Å². The molecule has 0 spiro atoms. The van der Waals surface area contributed by atoms with Gasteiger partial charge in [0.1, 0.15) is 0 Å². The fourth-order valence-electron chi connectivity index (χ4n) is 1.83. The van der Waals surface area contributed by atoms with Crippen LogP contribution in [0.3, 0.4) is 0 Å². The van der Waals surface area contributed by atoms with E-state index in [1.165, 1.54) is 19.2 Å². The van der Waals surface area contributed by atoms with Crippen LogP contribution in [0, 0.1) is 0 Å². The first kappa shape index (κ1) is 17.8. The van der Waals surface area contributed by atoms with Crippen molar-refractivity contribution in [2.75, 3.05) is 7.11 Å². The van der Waals surface area contributed by atoms with Gasteiger partial charge in [-0.25, -0.2) is 4.89 Å². The van der Waals surface area contributed by atoms with E-state index in [1.807, 2.05) is 0 Å². The normalized spacial score (nSPS) is 12.4. The van der Waals surface area contributed by atoms with Gasteiger partial charge in [-0.3, -0.25) is 0 Å². The predicted octanol–water partition coefficient (Wildman–Crippen LogP) is 3.64. The van der Waals surface area contributed by atoms with E-state index in [0.717, 1.165) is 34.6 Å². The van der Waals surface area contributed by atoms with Gasteiger partial charge in [-0.1, -0.05) is 36.4 Å². The van der Waals surface area contributed by atoms with Crippen LogP contribution >= 0.6 is 12.0 Å². The van der Waals surface area contributed by atoms with Crippen LogP contribution in [0.25, 0.3) is 11.1 Å². The van der Waals surface area contributed by atoms with E-state index >= 15 is 0 Å². The van der Waals surface area contributed by atoms with Crippen molar-refractivity contribution in [1.82, 2.24) is 0 Å². The van der Waals surface area contributed by atoms with E-state index in [2.05, 4.69) is 4.89 Å². The van der Waals surface area contributed by atoms with Gasteiger partial charge in [-0.05, 0) is 23.3 Å². The molecule has 0 bridgehead atoms. The minimum atomic E-state index is -5.17. The number of hydrogen-bond acceptors (Lipinski definition) is 5. The van der Waals surface area contributed by atoms with Crippen LogP contribution in [0.4, 0.5) is 13.2 Å². The Labute approximate surface area is 134 Å². The summed E-state index contributed by atoms with van der Waals surface area (Å²) in [5.41, 5.74) is 0.747. The highest BCUT2D eigenvalue weighted by atomic mass is 32.2. The molecule has 0 amide bonds. The lowest BCUT2D eigenvalue weighted by atomic mass is 10.00. The van der Waals surface area contributed by atoms with Crippen molar-refractivity contribution < 1.29 is 32.6 Å². The zero-order chi connectivity index (χ0) is 17.1. The molecule has 2 aromatic rings. The first-order chi connectivity index (χ1) is 10.8. The maximum absolute atomic E-state index is 12.6. The van der Waals surface area contributed by atoms with Crippen molar-refractivity contribution in [3.05, 3.63) is 54.1 Å². The SMILES string of the molecule is COOSc1ccc(-c2ccc(C(O)(O)C(F)(F)F)cc2)cc1. The Morgan fingerprint density at radius 2 is 1.35 bits per heavy atom. The molecule has 0 aliphatic heterocycles. The van der Waals surface area contributed by atoms with Gasteiger partial charge in [0.15, 0.2) is 0 Å². The van der Waals surface area contributed by atoms with E-state index in [1.54, 1.807) is 24.3 Å². The molecule has 0 saturated heterocycles. The highest BCUT2D eigenvalue weighted by molar-refractivity contribution is 7.94. The first-order valence-electron chi connectivity index (χ1n) is 6.35. The topological polar surface area (TPSA) is 58.9 Å². The van der Waals surface area contributed by atoms with Crippen LogP contribution < -0.4 is 0 Å². The average molecular weight is 346 g/mol. The Balaban J connectivity index is 2.20. The number of aliphatic hydroxyl groups is 2. The number of hydrogen-bond donors (Lipinski definition) is 2. The molecule has 0 heterocycles. The fourth-order valence-corrected chi connectivity index (χ4v) is 2.23. The maximum Gasteiger partial charge on any atom is 0.447 e. The Morgan fingerprint density at radius 3 is 1.78 bits per heavy atom.